The fraction of sp³-hybridized carbons (Fsp3) is 0.222. The number of benzene rings is 2. The Balaban J connectivity index is 1.98. The number of anilines is 3. The van der Waals surface area contributed by atoms with Crippen molar-refractivity contribution in [2.75, 3.05) is 22.5 Å². The predicted octanol–water partition coefficient (Wildman–Crippen LogP) is 5.44. The molecule has 0 bridgehead atoms. The van der Waals surface area contributed by atoms with Crippen LogP contribution in [0.25, 0.3) is 0 Å². The number of amides is 2. The van der Waals surface area contributed by atoms with Gasteiger partial charge in [0.1, 0.15) is 0 Å². The number of halogens is 3. The fourth-order valence-corrected chi connectivity index (χ4v) is 2.87. The summed E-state index contributed by atoms with van der Waals surface area (Å²) < 4.78 is 0. The lowest BCUT2D eigenvalue weighted by molar-refractivity contribution is -0.116. The van der Waals surface area contributed by atoms with Gasteiger partial charge in [0.25, 0.3) is 0 Å². The molecule has 3 N–H and O–H groups in total. The maximum absolute atomic E-state index is 12.2. The maximum Gasteiger partial charge on any atom is 0.243 e. The molecule has 2 aromatic rings. The molecular formula is C18H18Cl3N3O2. The highest BCUT2D eigenvalue weighted by Gasteiger charge is 2.09. The van der Waals surface area contributed by atoms with Crippen molar-refractivity contribution in [2.45, 2.75) is 19.8 Å². The van der Waals surface area contributed by atoms with E-state index in [9.17, 15) is 9.59 Å². The Kier molecular flexibility index (Phi) is 7.57. The van der Waals surface area contributed by atoms with Crippen molar-refractivity contribution in [3.63, 3.8) is 0 Å². The van der Waals surface area contributed by atoms with Crippen LogP contribution in [0.1, 0.15) is 19.8 Å². The molecule has 0 radical (unpaired) electrons. The number of carbonyl (C=O) groups is 2. The van der Waals surface area contributed by atoms with Gasteiger partial charge in [0.2, 0.25) is 11.8 Å². The zero-order valence-electron chi connectivity index (χ0n) is 14.0. The summed E-state index contributed by atoms with van der Waals surface area (Å²) in [5, 5.41) is 9.72. The summed E-state index contributed by atoms with van der Waals surface area (Å²) in [4.78, 5) is 23.8. The molecule has 2 aromatic carbocycles. The van der Waals surface area contributed by atoms with Crippen LogP contribution in [0.3, 0.4) is 0 Å². The normalized spacial score (nSPS) is 10.3. The summed E-state index contributed by atoms with van der Waals surface area (Å²) in [7, 11) is 0. The average molecular weight is 415 g/mol. The average Bonchev–Trinajstić information content (AvgIpc) is 2.55. The van der Waals surface area contributed by atoms with Gasteiger partial charge in [-0.2, -0.15) is 0 Å². The molecule has 0 heterocycles. The van der Waals surface area contributed by atoms with E-state index in [1.807, 2.05) is 6.92 Å². The standard InChI is InChI=1S/C18H18Cl3N3O2/c1-2-3-17(25)23-13-4-5-15(21)16(9-13)24-18(26)10-22-14-7-11(19)6-12(20)8-14/h4-9,22H,2-3,10H2,1H3,(H,23,25)(H,24,26). The summed E-state index contributed by atoms with van der Waals surface area (Å²) in [6, 6.07) is 9.84. The lowest BCUT2D eigenvalue weighted by atomic mass is 10.2. The SMILES string of the molecule is CCCC(=O)Nc1ccc(Cl)c(NC(=O)CNc2cc(Cl)cc(Cl)c2)c1. The zero-order valence-corrected chi connectivity index (χ0v) is 16.3. The lowest BCUT2D eigenvalue weighted by Gasteiger charge is -2.12. The minimum Gasteiger partial charge on any atom is -0.376 e. The summed E-state index contributed by atoms with van der Waals surface area (Å²) >= 11 is 18.0. The van der Waals surface area contributed by atoms with Gasteiger partial charge in [0, 0.05) is 27.8 Å². The van der Waals surface area contributed by atoms with E-state index in [0.717, 1.165) is 6.42 Å². The van der Waals surface area contributed by atoms with E-state index < -0.39 is 0 Å². The molecule has 138 valence electrons. The van der Waals surface area contributed by atoms with E-state index in [4.69, 9.17) is 34.8 Å². The topological polar surface area (TPSA) is 70.2 Å². The number of rotatable bonds is 7. The Hall–Kier alpha value is -1.95. The minimum absolute atomic E-state index is 0.000574. The molecule has 0 saturated carbocycles. The largest absolute Gasteiger partial charge is 0.376 e. The predicted molar refractivity (Wildman–Crippen MR) is 109 cm³/mol. The molecule has 26 heavy (non-hydrogen) atoms. The highest BCUT2D eigenvalue weighted by Crippen LogP contribution is 2.26. The first-order valence-electron chi connectivity index (χ1n) is 7.96. The van der Waals surface area contributed by atoms with Crippen molar-refractivity contribution in [3.05, 3.63) is 51.5 Å². The molecule has 2 amide bonds. The second-order valence-corrected chi connectivity index (χ2v) is 6.83. The van der Waals surface area contributed by atoms with E-state index in [0.29, 0.717) is 38.6 Å². The van der Waals surface area contributed by atoms with Crippen LogP contribution in [0.15, 0.2) is 36.4 Å². The Morgan fingerprint density at radius 2 is 1.58 bits per heavy atom. The monoisotopic (exact) mass is 413 g/mol. The summed E-state index contributed by atoms with van der Waals surface area (Å²) in [6.07, 6.45) is 1.18. The molecule has 8 heteroatoms. The van der Waals surface area contributed by atoms with E-state index in [1.165, 1.54) is 0 Å². The smallest absolute Gasteiger partial charge is 0.243 e. The van der Waals surface area contributed by atoms with Crippen LogP contribution >= 0.6 is 34.8 Å². The van der Waals surface area contributed by atoms with Crippen LogP contribution in [0, 0.1) is 0 Å². The van der Waals surface area contributed by atoms with Crippen LogP contribution in [0.2, 0.25) is 15.1 Å². The Bertz CT molecular complexity index is 792. The molecule has 0 aliphatic carbocycles. The van der Waals surface area contributed by atoms with E-state index in [-0.39, 0.29) is 18.4 Å². The van der Waals surface area contributed by atoms with Gasteiger partial charge in [-0.1, -0.05) is 41.7 Å². The lowest BCUT2D eigenvalue weighted by Crippen LogP contribution is -2.22. The molecule has 0 saturated heterocycles. The highest BCUT2D eigenvalue weighted by atomic mass is 35.5. The molecule has 0 aromatic heterocycles. The van der Waals surface area contributed by atoms with Crippen molar-refractivity contribution in [1.29, 1.82) is 0 Å². The van der Waals surface area contributed by atoms with E-state index >= 15 is 0 Å². The Morgan fingerprint density at radius 1 is 0.885 bits per heavy atom. The van der Waals surface area contributed by atoms with E-state index in [1.54, 1.807) is 36.4 Å². The summed E-state index contributed by atoms with van der Waals surface area (Å²) in [5.41, 5.74) is 1.61. The number of hydrogen-bond acceptors (Lipinski definition) is 3. The third-order valence-electron chi connectivity index (χ3n) is 3.32. The molecule has 0 atom stereocenters. The molecule has 0 aliphatic heterocycles. The highest BCUT2D eigenvalue weighted by molar-refractivity contribution is 6.35. The van der Waals surface area contributed by atoms with Crippen molar-refractivity contribution in [1.82, 2.24) is 0 Å². The van der Waals surface area contributed by atoms with Crippen LogP contribution in [0.4, 0.5) is 17.1 Å². The van der Waals surface area contributed by atoms with Gasteiger partial charge in [0.05, 0.1) is 17.3 Å². The zero-order chi connectivity index (χ0) is 19.1. The number of hydrogen-bond donors (Lipinski definition) is 3. The quantitative estimate of drug-likeness (QED) is 0.565. The molecular weight excluding hydrogens is 397 g/mol. The first-order valence-corrected chi connectivity index (χ1v) is 9.10. The number of carbonyl (C=O) groups excluding carboxylic acids is 2. The second-order valence-electron chi connectivity index (χ2n) is 5.55. The second kappa shape index (κ2) is 9.67. The Labute approximate surface area is 167 Å². The fourth-order valence-electron chi connectivity index (χ4n) is 2.18. The van der Waals surface area contributed by atoms with E-state index in [2.05, 4.69) is 16.0 Å². The molecule has 5 nitrogen and oxygen atoms in total. The Morgan fingerprint density at radius 3 is 2.23 bits per heavy atom. The van der Waals surface area contributed by atoms with Crippen LogP contribution in [-0.4, -0.2) is 18.4 Å². The number of nitrogens with one attached hydrogen (secondary N) is 3. The van der Waals surface area contributed by atoms with Crippen LogP contribution < -0.4 is 16.0 Å². The van der Waals surface area contributed by atoms with Gasteiger partial charge in [-0.05, 0) is 42.8 Å². The first kappa shape index (κ1) is 20.4. The van der Waals surface area contributed by atoms with Gasteiger partial charge in [-0.3, -0.25) is 9.59 Å². The van der Waals surface area contributed by atoms with Crippen molar-refractivity contribution < 1.29 is 9.59 Å². The van der Waals surface area contributed by atoms with Gasteiger partial charge in [0.15, 0.2) is 0 Å². The van der Waals surface area contributed by atoms with Gasteiger partial charge < -0.3 is 16.0 Å². The third-order valence-corrected chi connectivity index (χ3v) is 4.08. The maximum atomic E-state index is 12.2. The first-order chi connectivity index (χ1) is 12.4. The molecule has 0 unspecified atom stereocenters. The van der Waals surface area contributed by atoms with Crippen molar-refractivity contribution in [3.8, 4) is 0 Å². The molecule has 2 rings (SSSR count). The van der Waals surface area contributed by atoms with Crippen LogP contribution in [-0.2, 0) is 9.59 Å². The van der Waals surface area contributed by atoms with Crippen molar-refractivity contribution in [2.24, 2.45) is 0 Å². The summed E-state index contributed by atoms with van der Waals surface area (Å²) in [6.45, 7) is 1.92. The van der Waals surface area contributed by atoms with Crippen molar-refractivity contribution >= 4 is 63.7 Å². The third kappa shape index (κ3) is 6.41. The summed E-state index contributed by atoms with van der Waals surface area (Å²) in [5.74, 6) is -0.397. The van der Waals surface area contributed by atoms with Gasteiger partial charge in [-0.15, -0.1) is 0 Å². The molecule has 0 fully saturated rings. The van der Waals surface area contributed by atoms with Gasteiger partial charge in [-0.25, -0.2) is 0 Å². The molecule has 0 spiro atoms. The van der Waals surface area contributed by atoms with Gasteiger partial charge >= 0.3 is 0 Å². The molecule has 0 aliphatic rings. The van der Waals surface area contributed by atoms with Crippen LogP contribution in [0.5, 0.6) is 0 Å². The minimum atomic E-state index is -0.306.